The third-order valence-electron chi connectivity index (χ3n) is 2.98. The summed E-state index contributed by atoms with van der Waals surface area (Å²) in [5.74, 6) is -0.263. The van der Waals surface area contributed by atoms with Crippen molar-refractivity contribution in [2.45, 2.75) is 20.8 Å². The maximum absolute atomic E-state index is 11.9. The van der Waals surface area contributed by atoms with Crippen LogP contribution in [0.1, 0.15) is 36.7 Å². The fourth-order valence-electron chi connectivity index (χ4n) is 2.09. The molecule has 0 radical (unpaired) electrons. The standard InChI is InChI=1S/C15H19NO2/c1-4-18-14(17)12-8-6-5-7-11(12)13-9-15(2,3)10-16-13/h5-9,16H,4,10H2,1-3H3. The number of ether oxygens (including phenoxy) is 1. The van der Waals surface area contributed by atoms with Gasteiger partial charge in [-0.25, -0.2) is 4.79 Å². The van der Waals surface area contributed by atoms with Crippen LogP contribution in [0.25, 0.3) is 5.70 Å². The lowest BCUT2D eigenvalue weighted by Gasteiger charge is -2.11. The minimum absolute atomic E-state index is 0.122. The summed E-state index contributed by atoms with van der Waals surface area (Å²) in [6.45, 7) is 7.43. The van der Waals surface area contributed by atoms with E-state index in [2.05, 4.69) is 25.2 Å². The quantitative estimate of drug-likeness (QED) is 0.832. The van der Waals surface area contributed by atoms with E-state index in [0.29, 0.717) is 12.2 Å². The second-order valence-corrected chi connectivity index (χ2v) is 5.17. The summed E-state index contributed by atoms with van der Waals surface area (Å²) in [4.78, 5) is 11.9. The Morgan fingerprint density at radius 2 is 2.11 bits per heavy atom. The van der Waals surface area contributed by atoms with Crippen LogP contribution < -0.4 is 5.32 Å². The van der Waals surface area contributed by atoms with Gasteiger partial charge in [0.05, 0.1) is 12.2 Å². The van der Waals surface area contributed by atoms with Crippen molar-refractivity contribution in [3.05, 3.63) is 41.5 Å². The molecule has 0 spiro atoms. The molecular formula is C15H19NO2. The van der Waals surface area contributed by atoms with E-state index in [1.54, 1.807) is 6.07 Å². The molecule has 0 saturated carbocycles. The summed E-state index contributed by atoms with van der Waals surface area (Å²) < 4.78 is 5.09. The zero-order chi connectivity index (χ0) is 13.2. The number of hydrogen-bond acceptors (Lipinski definition) is 3. The fourth-order valence-corrected chi connectivity index (χ4v) is 2.09. The lowest BCUT2D eigenvalue weighted by molar-refractivity contribution is 0.0526. The van der Waals surface area contributed by atoms with Gasteiger partial charge in [-0.1, -0.05) is 38.1 Å². The SMILES string of the molecule is CCOC(=O)c1ccccc1C1=CC(C)(C)CN1. The lowest BCUT2D eigenvalue weighted by atomic mass is 9.94. The van der Waals surface area contributed by atoms with Gasteiger partial charge in [0.2, 0.25) is 0 Å². The Morgan fingerprint density at radius 1 is 1.39 bits per heavy atom. The minimum atomic E-state index is -0.263. The van der Waals surface area contributed by atoms with Crippen molar-refractivity contribution in [3.63, 3.8) is 0 Å². The monoisotopic (exact) mass is 245 g/mol. The Morgan fingerprint density at radius 3 is 2.72 bits per heavy atom. The third kappa shape index (κ3) is 2.55. The molecule has 0 atom stereocenters. The van der Waals surface area contributed by atoms with Crippen molar-refractivity contribution in [3.8, 4) is 0 Å². The highest BCUT2D eigenvalue weighted by atomic mass is 16.5. The molecule has 96 valence electrons. The van der Waals surface area contributed by atoms with Gasteiger partial charge in [-0.2, -0.15) is 0 Å². The fraction of sp³-hybridized carbons (Fsp3) is 0.400. The van der Waals surface area contributed by atoms with Crippen molar-refractivity contribution in [1.82, 2.24) is 5.32 Å². The first kappa shape index (κ1) is 12.7. The molecule has 0 aromatic heterocycles. The molecule has 0 amide bonds. The van der Waals surface area contributed by atoms with Gasteiger partial charge in [-0.15, -0.1) is 0 Å². The van der Waals surface area contributed by atoms with Gasteiger partial charge in [0.15, 0.2) is 0 Å². The number of rotatable bonds is 3. The van der Waals surface area contributed by atoms with Crippen LogP contribution in [0.15, 0.2) is 30.3 Å². The molecule has 0 fully saturated rings. The van der Waals surface area contributed by atoms with Crippen LogP contribution >= 0.6 is 0 Å². The average molecular weight is 245 g/mol. The predicted octanol–water partition coefficient (Wildman–Crippen LogP) is 2.83. The van der Waals surface area contributed by atoms with E-state index in [1.807, 2.05) is 25.1 Å². The summed E-state index contributed by atoms with van der Waals surface area (Å²) >= 11 is 0. The highest BCUT2D eigenvalue weighted by molar-refractivity contribution is 5.95. The molecule has 1 heterocycles. The van der Waals surface area contributed by atoms with E-state index in [0.717, 1.165) is 17.8 Å². The van der Waals surface area contributed by atoms with Gasteiger partial charge in [0, 0.05) is 23.2 Å². The summed E-state index contributed by atoms with van der Waals surface area (Å²) in [6.07, 6.45) is 2.17. The summed E-state index contributed by atoms with van der Waals surface area (Å²) in [5.41, 5.74) is 2.68. The van der Waals surface area contributed by atoms with Gasteiger partial charge in [-0.05, 0) is 13.0 Å². The molecule has 1 aliphatic rings. The molecule has 1 N–H and O–H groups in total. The van der Waals surface area contributed by atoms with Crippen LogP contribution in [0, 0.1) is 5.41 Å². The van der Waals surface area contributed by atoms with Crippen LogP contribution in [-0.2, 0) is 4.74 Å². The Balaban J connectivity index is 2.37. The molecule has 1 aromatic rings. The van der Waals surface area contributed by atoms with E-state index >= 15 is 0 Å². The maximum Gasteiger partial charge on any atom is 0.338 e. The number of esters is 1. The van der Waals surface area contributed by atoms with E-state index in [9.17, 15) is 4.79 Å². The lowest BCUT2D eigenvalue weighted by Crippen LogP contribution is -2.18. The van der Waals surface area contributed by atoms with Crippen LogP contribution in [0.5, 0.6) is 0 Å². The highest BCUT2D eigenvalue weighted by Gasteiger charge is 2.25. The molecule has 3 nitrogen and oxygen atoms in total. The van der Waals surface area contributed by atoms with Gasteiger partial charge in [-0.3, -0.25) is 0 Å². The average Bonchev–Trinajstić information content (AvgIpc) is 2.70. The van der Waals surface area contributed by atoms with E-state index in [4.69, 9.17) is 4.74 Å². The first-order valence-corrected chi connectivity index (χ1v) is 6.27. The van der Waals surface area contributed by atoms with Crippen molar-refractivity contribution < 1.29 is 9.53 Å². The van der Waals surface area contributed by atoms with Gasteiger partial charge < -0.3 is 10.1 Å². The van der Waals surface area contributed by atoms with Crippen molar-refractivity contribution in [2.24, 2.45) is 5.41 Å². The van der Waals surface area contributed by atoms with Crippen molar-refractivity contribution in [2.75, 3.05) is 13.2 Å². The van der Waals surface area contributed by atoms with E-state index in [-0.39, 0.29) is 11.4 Å². The van der Waals surface area contributed by atoms with Gasteiger partial charge in [0.25, 0.3) is 0 Å². The highest BCUT2D eigenvalue weighted by Crippen LogP contribution is 2.30. The second-order valence-electron chi connectivity index (χ2n) is 5.17. The number of hydrogen-bond donors (Lipinski definition) is 1. The van der Waals surface area contributed by atoms with Crippen molar-refractivity contribution >= 4 is 11.7 Å². The predicted molar refractivity (Wildman–Crippen MR) is 72.2 cm³/mol. The minimum Gasteiger partial charge on any atom is -0.462 e. The molecule has 0 unspecified atom stereocenters. The Kier molecular flexibility index (Phi) is 3.41. The zero-order valence-corrected chi connectivity index (χ0v) is 11.1. The summed E-state index contributed by atoms with van der Waals surface area (Å²) in [5, 5.41) is 3.35. The molecule has 1 aliphatic heterocycles. The number of carbonyl (C=O) groups is 1. The zero-order valence-electron chi connectivity index (χ0n) is 11.1. The number of carbonyl (C=O) groups excluding carboxylic acids is 1. The Bertz CT molecular complexity index is 489. The summed E-state index contributed by atoms with van der Waals surface area (Å²) in [7, 11) is 0. The normalized spacial score (nSPS) is 16.9. The first-order valence-electron chi connectivity index (χ1n) is 6.27. The third-order valence-corrected chi connectivity index (χ3v) is 2.98. The van der Waals surface area contributed by atoms with Crippen LogP contribution in [-0.4, -0.2) is 19.1 Å². The second kappa shape index (κ2) is 4.84. The van der Waals surface area contributed by atoms with Gasteiger partial charge in [0.1, 0.15) is 0 Å². The van der Waals surface area contributed by atoms with E-state index < -0.39 is 0 Å². The Hall–Kier alpha value is -1.77. The van der Waals surface area contributed by atoms with Gasteiger partial charge >= 0.3 is 5.97 Å². The number of benzene rings is 1. The molecular weight excluding hydrogens is 226 g/mol. The molecule has 18 heavy (non-hydrogen) atoms. The molecule has 0 saturated heterocycles. The first-order chi connectivity index (χ1) is 8.53. The van der Waals surface area contributed by atoms with E-state index in [1.165, 1.54) is 0 Å². The van der Waals surface area contributed by atoms with Crippen LogP contribution in [0.2, 0.25) is 0 Å². The molecule has 2 rings (SSSR count). The molecule has 1 aromatic carbocycles. The Labute approximate surface area is 108 Å². The van der Waals surface area contributed by atoms with Crippen LogP contribution in [0.3, 0.4) is 0 Å². The molecule has 3 heteroatoms. The van der Waals surface area contributed by atoms with Crippen LogP contribution in [0.4, 0.5) is 0 Å². The largest absolute Gasteiger partial charge is 0.462 e. The maximum atomic E-state index is 11.9. The molecule has 0 bridgehead atoms. The number of nitrogens with one attached hydrogen (secondary N) is 1. The summed E-state index contributed by atoms with van der Waals surface area (Å²) in [6, 6.07) is 7.55. The topological polar surface area (TPSA) is 38.3 Å². The smallest absolute Gasteiger partial charge is 0.338 e. The van der Waals surface area contributed by atoms with Crippen molar-refractivity contribution in [1.29, 1.82) is 0 Å². The molecule has 0 aliphatic carbocycles.